The molecule has 11 heterocycles. The van der Waals surface area contributed by atoms with Gasteiger partial charge in [0.2, 0.25) is 35.4 Å². The standard InChI is InChI=1S/C23H22F4N4O5.C22H23FN4O5.C20H22FN3O4/c1-4-14-18-22(19(32)28-21(34)29-20(22)33)7-12-5-11(16-9(2)10(3)36-30-16)6-13(24)17(12)31(18)8-15(35-14)23(25,26)27;1-9-8-27-17-14(5-13(6-15(17)23)16-10(2)11(3)32-26-16)7-22(18(27)12(4)31-9)19(28)24-21(30)25-20(22)29;1-9-4-10(2)16-20(17(26)22-19(28)23-18(20)27)7-13-5-12(11(3)25)6-14(21)15(13)24(16)8-9/h5-6,14-15,18H,4,7-8H2,1-3H3,(H2,28,29,32,33,34);5-6,9,12,18H,7-8H2,1-4H3,(H2,24,25,28,29,30);5-6,9-10,16H,4,7-8H2,1-3H3,(H2,22,23,26,27,28)/t14-,15-,18+;9-,12+,18-;9-,10+,16+/m010/s1. The topological polar surface area (TPSA) is 323 Å². The lowest BCUT2D eigenvalue weighted by atomic mass is 9.62. The Morgan fingerprint density at radius 3 is 1.35 bits per heavy atom. The molecule has 0 bridgehead atoms. The molecule has 0 aliphatic carbocycles. The van der Waals surface area contributed by atoms with Crippen molar-refractivity contribution in [3.63, 3.8) is 0 Å². The summed E-state index contributed by atoms with van der Waals surface area (Å²) in [7, 11) is 0. The third kappa shape index (κ3) is 10.4. The number of ether oxygens (including phenoxy) is 2. The molecule has 6 saturated heterocycles. The zero-order valence-corrected chi connectivity index (χ0v) is 53.5. The average molecular weight is 1340 g/mol. The zero-order chi connectivity index (χ0) is 69.5. The third-order valence-corrected chi connectivity index (χ3v) is 20.3. The van der Waals surface area contributed by atoms with E-state index in [1.165, 1.54) is 25.1 Å². The van der Waals surface area contributed by atoms with Crippen LogP contribution in [0, 0.1) is 73.2 Å². The molecule has 6 N–H and O–H groups in total. The van der Waals surface area contributed by atoms with Crippen molar-refractivity contribution in [2.75, 3.05) is 34.3 Å². The van der Waals surface area contributed by atoms with E-state index in [1.54, 1.807) is 56.6 Å². The van der Waals surface area contributed by atoms with Gasteiger partial charge in [-0.3, -0.25) is 65.5 Å². The van der Waals surface area contributed by atoms with Crippen LogP contribution in [0.4, 0.5) is 57.8 Å². The molecule has 2 aromatic heterocycles. The number of hydrogen-bond donors (Lipinski definition) is 6. The Hall–Kier alpha value is -9.52. The van der Waals surface area contributed by atoms with Crippen LogP contribution in [0.25, 0.3) is 22.5 Å². The van der Waals surface area contributed by atoms with Gasteiger partial charge in [-0.25, -0.2) is 27.6 Å². The van der Waals surface area contributed by atoms with E-state index >= 15 is 13.2 Å². The zero-order valence-electron chi connectivity index (χ0n) is 53.5. The molecule has 25 nitrogen and oxygen atoms in total. The second-order valence-electron chi connectivity index (χ2n) is 26.4. The van der Waals surface area contributed by atoms with Gasteiger partial charge in [-0.15, -0.1) is 0 Å². The Labute approximate surface area is 543 Å². The van der Waals surface area contributed by atoms with E-state index in [0.29, 0.717) is 63.1 Å². The monoisotopic (exact) mass is 1340 g/mol. The maximum Gasteiger partial charge on any atom is 0.416 e. The van der Waals surface area contributed by atoms with Gasteiger partial charge < -0.3 is 33.2 Å². The van der Waals surface area contributed by atoms with Crippen molar-refractivity contribution >= 4 is 76.4 Å². The molecule has 3 aromatic carbocycles. The summed E-state index contributed by atoms with van der Waals surface area (Å²) in [4.78, 5) is 131. The second-order valence-corrected chi connectivity index (χ2v) is 26.4. The highest BCUT2D eigenvalue weighted by atomic mass is 19.4. The molecule has 0 unspecified atom stereocenters. The lowest BCUT2D eigenvalue weighted by Gasteiger charge is -2.56. The first kappa shape index (κ1) is 66.5. The van der Waals surface area contributed by atoms with E-state index in [9.17, 15) is 61.1 Å². The van der Waals surface area contributed by atoms with Crippen LogP contribution in [0.2, 0.25) is 0 Å². The molecule has 9 aliphatic rings. The summed E-state index contributed by atoms with van der Waals surface area (Å²) in [5, 5.41) is 21.0. The van der Waals surface area contributed by atoms with Gasteiger partial charge in [-0.2, -0.15) is 13.2 Å². The largest absolute Gasteiger partial charge is 0.416 e. The van der Waals surface area contributed by atoms with Gasteiger partial charge in [0.1, 0.15) is 40.4 Å². The van der Waals surface area contributed by atoms with Gasteiger partial charge in [0.05, 0.1) is 60.0 Å². The number of fused-ring (bicyclic) bond motifs is 12. The molecule has 14 rings (SSSR count). The maximum absolute atomic E-state index is 15.7. The van der Waals surface area contributed by atoms with Crippen molar-refractivity contribution in [1.82, 2.24) is 42.2 Å². The number of urea groups is 3. The predicted octanol–water partition coefficient (Wildman–Crippen LogP) is 6.70. The molecular weight excluding hydrogens is 1270 g/mol. The van der Waals surface area contributed by atoms with Gasteiger partial charge >= 0.3 is 24.3 Å². The van der Waals surface area contributed by atoms with Crippen molar-refractivity contribution in [3.05, 3.63) is 98.8 Å². The summed E-state index contributed by atoms with van der Waals surface area (Å²) in [5.41, 5.74) is -0.503. The second kappa shape index (κ2) is 23.7. The first-order valence-corrected chi connectivity index (χ1v) is 31.2. The number of morpholine rings is 2. The highest BCUT2D eigenvalue weighted by molar-refractivity contribution is 6.22. The molecule has 12 amide bonds. The average Bonchev–Trinajstić information content (AvgIpc) is 0.844. The summed E-state index contributed by atoms with van der Waals surface area (Å²) in [6.07, 6.45) is -8.87. The number of aryl methyl sites for hydroxylation is 2. The predicted molar refractivity (Wildman–Crippen MR) is 324 cm³/mol. The number of alkyl halides is 3. The summed E-state index contributed by atoms with van der Waals surface area (Å²) in [6, 6.07) is 3.11. The van der Waals surface area contributed by atoms with Crippen molar-refractivity contribution in [1.29, 1.82) is 0 Å². The fourth-order valence-electron chi connectivity index (χ4n) is 16.1. The van der Waals surface area contributed by atoms with Crippen LogP contribution >= 0.6 is 0 Å². The molecule has 3 spiro atoms. The number of amides is 12. The van der Waals surface area contributed by atoms with Gasteiger partial charge in [-0.1, -0.05) is 31.1 Å². The Balaban J connectivity index is 0.000000139. The van der Waals surface area contributed by atoms with E-state index in [1.807, 2.05) is 27.7 Å². The molecule has 508 valence electrons. The number of aromatic nitrogens is 2. The number of nitrogens with one attached hydrogen (secondary N) is 6. The number of imide groups is 6. The molecular formula is C65H67F6N11O14. The summed E-state index contributed by atoms with van der Waals surface area (Å²) in [6.45, 7) is 17.4. The van der Waals surface area contributed by atoms with Crippen LogP contribution in [-0.4, -0.2) is 138 Å². The highest BCUT2D eigenvalue weighted by Gasteiger charge is 2.67. The summed E-state index contributed by atoms with van der Waals surface area (Å²) < 4.78 is 109. The van der Waals surface area contributed by atoms with Gasteiger partial charge in [0.25, 0.3) is 0 Å². The molecule has 0 saturated carbocycles. The number of halogens is 6. The number of hydrogen-bond acceptors (Lipinski definition) is 19. The smallest absolute Gasteiger partial charge is 0.372 e. The van der Waals surface area contributed by atoms with Crippen LogP contribution < -0.4 is 46.6 Å². The quantitative estimate of drug-likeness (QED) is 0.0619. The minimum Gasteiger partial charge on any atom is -0.372 e. The van der Waals surface area contributed by atoms with Crippen LogP contribution in [0.1, 0.15) is 104 Å². The molecule has 5 aromatic rings. The number of carbonyl (C=O) groups excluding carboxylic acids is 10. The number of piperidine rings is 1. The molecule has 96 heavy (non-hydrogen) atoms. The van der Waals surface area contributed by atoms with Crippen LogP contribution in [-0.2, 0) is 57.5 Å². The Kier molecular flexibility index (Phi) is 16.4. The number of barbiturate groups is 3. The number of benzene rings is 3. The number of carbonyl (C=O) groups is 10. The van der Waals surface area contributed by atoms with E-state index < -0.39 is 136 Å². The fraction of sp³-hybridized carbons (Fsp3) is 0.477. The normalized spacial score (nSPS) is 26.6. The van der Waals surface area contributed by atoms with Crippen LogP contribution in [0.5, 0.6) is 0 Å². The lowest BCUT2D eigenvalue weighted by Crippen LogP contribution is -2.76. The van der Waals surface area contributed by atoms with Crippen molar-refractivity contribution < 1.29 is 92.8 Å². The van der Waals surface area contributed by atoms with E-state index in [0.717, 1.165) is 23.0 Å². The number of anilines is 3. The highest BCUT2D eigenvalue weighted by Crippen LogP contribution is 2.54. The van der Waals surface area contributed by atoms with Crippen molar-refractivity contribution in [2.24, 2.45) is 28.1 Å². The maximum atomic E-state index is 15.7. The SMILES string of the molecule is CC(=O)c1cc(F)c2c(c1)CC1(C(=O)NC(=O)NC1=O)[C@H]1[C@H](C)C[C@H](C)CN21.CC[C@@H]1O[C@H](C(F)(F)F)CN2c3c(F)cc(-c4noc(C)c4C)cc3CC3(C(=O)NC(=O)NC3=O)[C@@H]12.Cc1onc(-c2cc(F)c3c(c2)CC2(C(=O)NC(=O)NC2=O)[C@H]2[C@H](C)O[C@H](C)CN32)c1C. The van der Waals surface area contributed by atoms with E-state index in [4.69, 9.17) is 18.5 Å². The van der Waals surface area contributed by atoms with Crippen LogP contribution in [0.15, 0.2) is 45.4 Å². The van der Waals surface area contributed by atoms with Crippen molar-refractivity contribution in [3.8, 4) is 22.5 Å². The Morgan fingerprint density at radius 1 is 0.552 bits per heavy atom. The Bertz CT molecular complexity index is 4170. The fourth-order valence-corrected chi connectivity index (χ4v) is 16.1. The molecule has 6 fully saturated rings. The first-order chi connectivity index (χ1) is 45.2. The van der Waals surface area contributed by atoms with Gasteiger partial charge in [-0.05, 0) is 133 Å². The molecule has 31 heteroatoms. The van der Waals surface area contributed by atoms with Crippen LogP contribution in [0.3, 0.4) is 0 Å². The third-order valence-electron chi connectivity index (χ3n) is 20.3. The summed E-state index contributed by atoms with van der Waals surface area (Å²) in [5.74, 6) is -5.60. The lowest BCUT2D eigenvalue weighted by molar-refractivity contribution is -0.245. The number of nitrogens with zero attached hydrogens (tertiary/aromatic N) is 5. The van der Waals surface area contributed by atoms with Gasteiger partial charge in [0, 0.05) is 53.7 Å². The number of rotatable bonds is 4. The number of Topliss-reactive ketones (excluding diaryl/α,β-unsaturated/α-hetero) is 1. The minimum atomic E-state index is -4.78. The molecule has 0 radical (unpaired) electrons. The molecule has 9 atom stereocenters. The number of ketones is 1. The van der Waals surface area contributed by atoms with E-state index in [2.05, 4.69) is 42.2 Å². The minimum absolute atomic E-state index is 0.00352. The molecule has 9 aliphatic heterocycles. The first-order valence-electron chi connectivity index (χ1n) is 31.2. The van der Waals surface area contributed by atoms with Crippen molar-refractivity contribution in [2.45, 2.75) is 150 Å². The van der Waals surface area contributed by atoms with E-state index in [-0.39, 0.29) is 78.3 Å². The summed E-state index contributed by atoms with van der Waals surface area (Å²) >= 11 is 0. The Morgan fingerprint density at radius 2 is 0.948 bits per heavy atom. The van der Waals surface area contributed by atoms with Gasteiger partial charge in [0.15, 0.2) is 28.1 Å².